The molecule has 0 atom stereocenters. The molecule has 0 aliphatic heterocycles. The van der Waals surface area contributed by atoms with Crippen LogP contribution in [0.15, 0.2) is 0 Å². The van der Waals surface area contributed by atoms with Gasteiger partial charge in [0.25, 0.3) is 0 Å². The van der Waals surface area contributed by atoms with Crippen molar-refractivity contribution in [2.45, 2.75) is 0 Å². The van der Waals surface area contributed by atoms with E-state index in [1.165, 1.54) is 0 Å². The Morgan fingerprint density at radius 1 is 0.480 bits per heavy atom. The second-order valence-electron chi connectivity index (χ2n) is 5.01. The monoisotopic (exact) mass is 499 g/mol. The van der Waals surface area contributed by atoms with Gasteiger partial charge in [-0.05, 0) is 0 Å². The first-order chi connectivity index (χ1) is 10.4. The molecule has 0 aliphatic rings. The van der Waals surface area contributed by atoms with Gasteiger partial charge in [0.2, 0.25) is 0 Å². The van der Waals surface area contributed by atoms with E-state index in [0.29, 0.717) is 9.80 Å². The molecule has 0 spiro atoms. The summed E-state index contributed by atoms with van der Waals surface area (Å²) in [4.78, 5) is 72.3. The van der Waals surface area contributed by atoms with Gasteiger partial charge in [-0.25, -0.2) is 0 Å². The van der Waals surface area contributed by atoms with Crippen LogP contribution in [0.3, 0.4) is 0 Å². The Kier molecular flexibility index (Phi) is 11.9. The summed E-state index contributed by atoms with van der Waals surface area (Å²) < 4.78 is 43.9. The van der Waals surface area contributed by atoms with E-state index in [1.54, 1.807) is 0 Å². The Labute approximate surface area is 153 Å². The van der Waals surface area contributed by atoms with Crippen LogP contribution in [-0.2, 0) is 35.3 Å². The maximum absolute atomic E-state index is 11.0. The van der Waals surface area contributed by atoms with Crippen LogP contribution >= 0.6 is 30.4 Å². The molecule has 1 radical (unpaired) electrons. The smallest absolute Gasteiger partial charge is 0.324 e. The molecule has 0 unspecified atom stereocenters. The van der Waals surface area contributed by atoms with Crippen LogP contribution < -0.4 is 0 Å². The Hall–Kier alpha value is 1.04. The third kappa shape index (κ3) is 19.6. The summed E-state index contributed by atoms with van der Waals surface area (Å²) in [5.74, 6) is 0. The maximum atomic E-state index is 11.0. The van der Waals surface area contributed by atoms with Crippen LogP contribution in [0.4, 0.5) is 0 Å². The molecule has 19 heteroatoms. The van der Waals surface area contributed by atoms with Gasteiger partial charge in [-0.1, -0.05) is 0 Å². The molecule has 0 aromatic carbocycles. The summed E-state index contributed by atoms with van der Waals surface area (Å²) >= 11 is 0. The van der Waals surface area contributed by atoms with E-state index in [0.717, 1.165) is 0 Å². The average Bonchev–Trinajstić information content (AvgIpc) is 2.16. The van der Waals surface area contributed by atoms with Gasteiger partial charge in [-0.15, -0.1) is 0 Å². The molecule has 0 rings (SSSR count). The molecule has 0 bridgehead atoms. The molecule has 0 amide bonds. The van der Waals surface area contributed by atoms with Crippen molar-refractivity contribution in [3.8, 4) is 0 Å². The first-order valence-corrected chi connectivity index (χ1v) is 13.2. The van der Waals surface area contributed by atoms with Crippen molar-refractivity contribution in [3.05, 3.63) is 0 Å². The van der Waals surface area contributed by atoms with Crippen LogP contribution in [0.5, 0.6) is 0 Å². The SMILES string of the molecule is O=P(O)(O)CN(CCN(CP(=O)(O)O)CP(=O)(O)O)CP(=O)(O)O.[Cu+2]. The molecular weight excluding hydrogens is 480 g/mol. The maximum Gasteiger partial charge on any atom is 2.00 e. The first kappa shape index (κ1) is 28.3. The van der Waals surface area contributed by atoms with Crippen molar-refractivity contribution in [3.63, 3.8) is 0 Å². The molecule has 155 valence electrons. The standard InChI is InChI=1S/C6H20N2O12P4.Cu/c9-21(10,11)3-7(4-22(12,13)14)1-2-8(5-23(15,16)17)6-24(18,19)20;/h1-6H2,(H2,9,10,11)(H2,12,13,14)(H2,15,16,17)(H2,18,19,20);/q;+2. The van der Waals surface area contributed by atoms with E-state index in [2.05, 4.69) is 0 Å². The summed E-state index contributed by atoms with van der Waals surface area (Å²) in [7, 11) is -18.8. The number of nitrogens with zero attached hydrogens (tertiary/aromatic N) is 2. The van der Waals surface area contributed by atoms with Crippen molar-refractivity contribution >= 4 is 30.4 Å². The molecule has 0 aromatic rings. The molecule has 8 N–H and O–H groups in total. The molecular formula is C6H20CuN2O12P4+2. The largest absolute Gasteiger partial charge is 2.00 e. The molecule has 0 aromatic heterocycles. The number of hydrogen-bond acceptors (Lipinski definition) is 6. The Morgan fingerprint density at radius 3 is 0.760 bits per heavy atom. The third-order valence-corrected chi connectivity index (χ3v) is 5.34. The van der Waals surface area contributed by atoms with Gasteiger partial charge in [0.1, 0.15) is 25.1 Å². The zero-order chi connectivity index (χ0) is 19.4. The number of rotatable bonds is 11. The topological polar surface area (TPSA) is 237 Å². The van der Waals surface area contributed by atoms with E-state index in [4.69, 9.17) is 39.1 Å². The van der Waals surface area contributed by atoms with Gasteiger partial charge in [0, 0.05) is 13.1 Å². The normalized spacial score (nSPS) is 14.0. The minimum Gasteiger partial charge on any atom is -0.324 e. The van der Waals surface area contributed by atoms with E-state index < -0.39 is 68.6 Å². The van der Waals surface area contributed by atoms with Gasteiger partial charge < -0.3 is 39.1 Å². The zero-order valence-electron chi connectivity index (χ0n) is 12.4. The van der Waals surface area contributed by atoms with Gasteiger partial charge >= 0.3 is 47.5 Å². The van der Waals surface area contributed by atoms with Crippen molar-refractivity contribution < 1.29 is 74.5 Å². The van der Waals surface area contributed by atoms with E-state index in [9.17, 15) is 18.3 Å². The fraction of sp³-hybridized carbons (Fsp3) is 1.00. The van der Waals surface area contributed by atoms with Crippen molar-refractivity contribution in [1.82, 2.24) is 9.80 Å². The Bertz CT molecular complexity index is 492. The van der Waals surface area contributed by atoms with Crippen LogP contribution in [-0.4, -0.2) is 87.2 Å². The van der Waals surface area contributed by atoms with Crippen molar-refractivity contribution in [1.29, 1.82) is 0 Å². The average molecular weight is 500 g/mol. The molecule has 0 fully saturated rings. The van der Waals surface area contributed by atoms with Crippen LogP contribution in [0.25, 0.3) is 0 Å². The Morgan fingerprint density at radius 2 is 0.640 bits per heavy atom. The molecule has 25 heavy (non-hydrogen) atoms. The van der Waals surface area contributed by atoms with Gasteiger partial charge in [-0.3, -0.25) is 28.1 Å². The minimum absolute atomic E-state index is 0. The van der Waals surface area contributed by atoms with Crippen LogP contribution in [0.1, 0.15) is 0 Å². The quantitative estimate of drug-likeness (QED) is 0.115. The van der Waals surface area contributed by atoms with Gasteiger partial charge in [0.05, 0.1) is 0 Å². The molecule has 0 heterocycles. The molecule has 0 saturated heterocycles. The molecule has 14 nitrogen and oxygen atoms in total. The summed E-state index contributed by atoms with van der Waals surface area (Å²) in [6.07, 6.45) is -4.18. The second-order valence-corrected chi connectivity index (χ2v) is 11.5. The predicted octanol–water partition coefficient (Wildman–Crippen LogP) is -1.87. The predicted molar refractivity (Wildman–Crippen MR) is 81.1 cm³/mol. The van der Waals surface area contributed by atoms with E-state index in [-0.39, 0.29) is 17.1 Å². The van der Waals surface area contributed by atoms with Crippen molar-refractivity contribution in [2.24, 2.45) is 0 Å². The molecule has 0 saturated carbocycles. The first-order valence-electron chi connectivity index (χ1n) is 5.99. The van der Waals surface area contributed by atoms with Gasteiger partial charge in [0.15, 0.2) is 0 Å². The zero-order valence-corrected chi connectivity index (χ0v) is 17.0. The fourth-order valence-corrected chi connectivity index (χ4v) is 5.06. The Balaban J connectivity index is 0. The van der Waals surface area contributed by atoms with Crippen LogP contribution in [0, 0.1) is 0 Å². The van der Waals surface area contributed by atoms with Crippen molar-refractivity contribution in [2.75, 3.05) is 38.2 Å². The molecule has 0 aliphatic carbocycles. The fourth-order valence-electron chi connectivity index (χ4n) is 1.70. The second kappa shape index (κ2) is 10.5. The van der Waals surface area contributed by atoms with Crippen LogP contribution in [0.2, 0.25) is 0 Å². The summed E-state index contributed by atoms with van der Waals surface area (Å²) in [6.45, 7) is -1.01. The summed E-state index contributed by atoms with van der Waals surface area (Å²) in [6, 6.07) is 0. The summed E-state index contributed by atoms with van der Waals surface area (Å²) in [5.41, 5.74) is 0. The van der Waals surface area contributed by atoms with E-state index >= 15 is 0 Å². The van der Waals surface area contributed by atoms with Gasteiger partial charge in [-0.2, -0.15) is 0 Å². The summed E-state index contributed by atoms with van der Waals surface area (Å²) in [5, 5.41) is 0. The number of hydrogen-bond donors (Lipinski definition) is 8. The third-order valence-electron chi connectivity index (χ3n) is 2.27. The minimum atomic E-state index is -4.69. The van der Waals surface area contributed by atoms with E-state index in [1.807, 2.05) is 0 Å².